The fourth-order valence-corrected chi connectivity index (χ4v) is 2.77. The zero-order valence-electron chi connectivity index (χ0n) is 10.1. The van der Waals surface area contributed by atoms with E-state index in [1.165, 1.54) is 0 Å². The first-order valence-corrected chi connectivity index (χ1v) is 6.66. The highest BCUT2D eigenvalue weighted by Gasteiger charge is 2.32. The predicted molar refractivity (Wildman–Crippen MR) is 75.5 cm³/mol. The number of hydrogen-bond donors (Lipinski definition) is 2. The molecule has 3 rings (SSSR count). The Morgan fingerprint density at radius 2 is 2.00 bits per heavy atom. The van der Waals surface area contributed by atoms with Crippen LogP contribution in [-0.4, -0.2) is 5.91 Å². The van der Waals surface area contributed by atoms with Crippen LogP contribution in [0.4, 0.5) is 20.2 Å². The van der Waals surface area contributed by atoms with Crippen molar-refractivity contribution in [2.24, 2.45) is 0 Å². The Morgan fingerprint density at radius 3 is 2.80 bits per heavy atom. The minimum Gasteiger partial charge on any atom is -0.368 e. The summed E-state index contributed by atoms with van der Waals surface area (Å²) in [5.74, 6) is -1.49. The minimum absolute atomic E-state index is 0.0475. The zero-order valence-corrected chi connectivity index (χ0v) is 11.7. The molecule has 0 bridgehead atoms. The average Bonchev–Trinajstić information content (AvgIpc) is 2.72. The third kappa shape index (κ3) is 2.16. The van der Waals surface area contributed by atoms with Crippen molar-refractivity contribution in [3.63, 3.8) is 0 Å². The topological polar surface area (TPSA) is 41.1 Å². The van der Waals surface area contributed by atoms with E-state index < -0.39 is 17.7 Å². The highest BCUT2D eigenvalue weighted by molar-refractivity contribution is 9.10. The minimum atomic E-state index is -0.767. The van der Waals surface area contributed by atoms with Crippen molar-refractivity contribution in [2.45, 2.75) is 6.04 Å². The highest BCUT2D eigenvalue weighted by atomic mass is 79.9. The van der Waals surface area contributed by atoms with E-state index in [2.05, 4.69) is 26.6 Å². The molecule has 20 heavy (non-hydrogen) atoms. The molecule has 2 aromatic rings. The van der Waals surface area contributed by atoms with E-state index in [1.54, 1.807) is 18.2 Å². The van der Waals surface area contributed by atoms with Crippen LogP contribution in [0.1, 0.15) is 11.6 Å². The van der Waals surface area contributed by atoms with Crippen LogP contribution in [0, 0.1) is 11.6 Å². The van der Waals surface area contributed by atoms with E-state index in [0.29, 0.717) is 11.3 Å². The van der Waals surface area contributed by atoms with Crippen molar-refractivity contribution in [1.29, 1.82) is 0 Å². The molecule has 1 unspecified atom stereocenters. The van der Waals surface area contributed by atoms with Gasteiger partial charge >= 0.3 is 0 Å². The molecule has 0 aromatic heterocycles. The maximum absolute atomic E-state index is 13.7. The molecule has 102 valence electrons. The van der Waals surface area contributed by atoms with Crippen LogP contribution in [0.5, 0.6) is 0 Å². The van der Waals surface area contributed by atoms with Gasteiger partial charge in [0.25, 0.3) is 5.91 Å². The Labute approximate surface area is 122 Å². The number of rotatable bonds is 2. The van der Waals surface area contributed by atoms with Gasteiger partial charge < -0.3 is 10.6 Å². The number of anilines is 2. The largest absolute Gasteiger partial charge is 0.368 e. The standard InChI is InChI=1S/C14H9BrF2N2O/c15-8-2-1-3-10-12(8)13(14(20)19-10)18-11-6-7(16)4-5-9(11)17/h1-6,13,18H,(H,19,20). The van der Waals surface area contributed by atoms with Crippen molar-refractivity contribution >= 4 is 33.2 Å². The molecular formula is C14H9BrF2N2O. The van der Waals surface area contributed by atoms with E-state index in [-0.39, 0.29) is 11.6 Å². The van der Waals surface area contributed by atoms with E-state index in [4.69, 9.17) is 0 Å². The fraction of sp³-hybridized carbons (Fsp3) is 0.0714. The number of halogens is 3. The van der Waals surface area contributed by atoms with Crippen molar-refractivity contribution in [3.8, 4) is 0 Å². The average molecular weight is 339 g/mol. The van der Waals surface area contributed by atoms with Gasteiger partial charge in [-0.1, -0.05) is 22.0 Å². The maximum atomic E-state index is 13.7. The molecular weight excluding hydrogens is 330 g/mol. The van der Waals surface area contributed by atoms with E-state index in [9.17, 15) is 13.6 Å². The van der Waals surface area contributed by atoms with Gasteiger partial charge in [0.05, 0.1) is 5.69 Å². The summed E-state index contributed by atoms with van der Waals surface area (Å²) in [6, 6.07) is 7.63. The summed E-state index contributed by atoms with van der Waals surface area (Å²) in [5, 5.41) is 5.43. The molecule has 2 aromatic carbocycles. The Kier molecular flexibility index (Phi) is 3.17. The smallest absolute Gasteiger partial charge is 0.251 e. The predicted octanol–water partition coefficient (Wildman–Crippen LogP) is 3.83. The van der Waals surface area contributed by atoms with Crippen molar-refractivity contribution in [2.75, 3.05) is 10.6 Å². The molecule has 0 saturated heterocycles. The summed E-state index contributed by atoms with van der Waals surface area (Å²) in [4.78, 5) is 12.0. The summed E-state index contributed by atoms with van der Waals surface area (Å²) < 4.78 is 27.6. The Bertz CT molecular complexity index is 706. The zero-order chi connectivity index (χ0) is 14.3. The third-order valence-electron chi connectivity index (χ3n) is 3.09. The lowest BCUT2D eigenvalue weighted by atomic mass is 10.1. The van der Waals surface area contributed by atoms with Crippen molar-refractivity contribution in [3.05, 3.63) is 58.1 Å². The van der Waals surface area contributed by atoms with Crippen LogP contribution in [0.3, 0.4) is 0 Å². The van der Waals surface area contributed by atoms with Gasteiger partial charge in [-0.2, -0.15) is 0 Å². The van der Waals surface area contributed by atoms with Gasteiger partial charge in [0.2, 0.25) is 0 Å². The van der Waals surface area contributed by atoms with Gasteiger partial charge in [0.15, 0.2) is 0 Å². The third-order valence-corrected chi connectivity index (χ3v) is 3.78. The summed E-state index contributed by atoms with van der Waals surface area (Å²) >= 11 is 3.36. The second kappa shape index (κ2) is 4.86. The quantitative estimate of drug-likeness (QED) is 0.873. The normalized spacial score (nSPS) is 16.8. The van der Waals surface area contributed by atoms with Gasteiger partial charge in [-0.25, -0.2) is 8.78 Å². The van der Waals surface area contributed by atoms with E-state index in [0.717, 1.165) is 22.7 Å². The van der Waals surface area contributed by atoms with Gasteiger partial charge in [-0.15, -0.1) is 0 Å². The molecule has 1 heterocycles. The van der Waals surface area contributed by atoms with E-state index >= 15 is 0 Å². The second-order valence-electron chi connectivity index (χ2n) is 4.39. The molecule has 6 heteroatoms. The highest BCUT2D eigenvalue weighted by Crippen LogP contribution is 2.38. The Morgan fingerprint density at radius 1 is 1.20 bits per heavy atom. The lowest BCUT2D eigenvalue weighted by Crippen LogP contribution is -2.20. The van der Waals surface area contributed by atoms with Crippen molar-refractivity contribution in [1.82, 2.24) is 0 Å². The molecule has 0 saturated carbocycles. The monoisotopic (exact) mass is 338 g/mol. The number of carbonyl (C=O) groups is 1. The summed E-state index contributed by atoms with van der Waals surface area (Å²) in [7, 11) is 0. The molecule has 3 nitrogen and oxygen atoms in total. The van der Waals surface area contributed by atoms with E-state index in [1.807, 2.05) is 0 Å². The van der Waals surface area contributed by atoms with Gasteiger partial charge in [-0.05, 0) is 30.3 Å². The summed E-state index contributed by atoms with van der Waals surface area (Å²) in [6.45, 7) is 0. The van der Waals surface area contributed by atoms with Crippen LogP contribution in [-0.2, 0) is 4.79 Å². The van der Waals surface area contributed by atoms with Crippen LogP contribution in [0.15, 0.2) is 40.9 Å². The number of hydrogen-bond acceptors (Lipinski definition) is 2. The molecule has 0 radical (unpaired) electrons. The number of carbonyl (C=O) groups excluding carboxylic acids is 1. The molecule has 1 atom stereocenters. The van der Waals surface area contributed by atoms with Gasteiger partial charge in [0, 0.05) is 15.7 Å². The first-order valence-electron chi connectivity index (χ1n) is 5.87. The lowest BCUT2D eigenvalue weighted by molar-refractivity contribution is -0.116. The summed E-state index contributed by atoms with van der Waals surface area (Å²) in [5.41, 5.74) is 1.29. The SMILES string of the molecule is O=C1Nc2cccc(Br)c2C1Nc1cc(F)ccc1F. The number of nitrogens with one attached hydrogen (secondary N) is 2. The van der Waals surface area contributed by atoms with Crippen LogP contribution >= 0.6 is 15.9 Å². The number of amides is 1. The molecule has 0 aliphatic carbocycles. The first-order chi connectivity index (χ1) is 9.56. The van der Waals surface area contributed by atoms with Gasteiger partial charge in [-0.3, -0.25) is 4.79 Å². The van der Waals surface area contributed by atoms with Crippen LogP contribution < -0.4 is 10.6 Å². The second-order valence-corrected chi connectivity index (χ2v) is 5.25. The molecule has 0 fully saturated rings. The molecule has 1 aliphatic heterocycles. The maximum Gasteiger partial charge on any atom is 0.251 e. The number of benzene rings is 2. The van der Waals surface area contributed by atoms with Crippen LogP contribution in [0.2, 0.25) is 0 Å². The lowest BCUT2D eigenvalue weighted by Gasteiger charge is -2.14. The van der Waals surface area contributed by atoms with Gasteiger partial charge in [0.1, 0.15) is 17.7 Å². The Balaban J connectivity index is 2.00. The molecule has 1 amide bonds. The first kappa shape index (κ1) is 13.1. The Hall–Kier alpha value is -1.95. The fourth-order valence-electron chi connectivity index (χ4n) is 2.18. The summed E-state index contributed by atoms with van der Waals surface area (Å²) in [6.07, 6.45) is 0. The molecule has 1 aliphatic rings. The van der Waals surface area contributed by atoms with Crippen molar-refractivity contribution < 1.29 is 13.6 Å². The van der Waals surface area contributed by atoms with Crippen LogP contribution in [0.25, 0.3) is 0 Å². The molecule has 2 N–H and O–H groups in total. The molecule has 0 spiro atoms. The number of fused-ring (bicyclic) bond motifs is 1.